The molecular weight excluding hydrogens is 540 g/mol. The van der Waals surface area contributed by atoms with Crippen LogP contribution in [0.2, 0.25) is 0 Å². The highest BCUT2D eigenvalue weighted by Gasteiger charge is 2.28. The number of aryl methyl sites for hydroxylation is 1. The van der Waals surface area contributed by atoms with Crippen LogP contribution in [-0.4, -0.2) is 28.0 Å². The van der Waals surface area contributed by atoms with Crippen molar-refractivity contribution in [3.8, 4) is 5.75 Å². The molecule has 8 heteroatoms. The lowest BCUT2D eigenvalue weighted by Gasteiger charge is -2.26. The Balaban J connectivity index is 1.87. The number of nitrogens with zero attached hydrogens (tertiary/aromatic N) is 1. The molecule has 0 fully saturated rings. The first-order valence-corrected chi connectivity index (χ1v) is 13.9. The van der Waals surface area contributed by atoms with Gasteiger partial charge in [-0.15, -0.1) is 0 Å². The summed E-state index contributed by atoms with van der Waals surface area (Å²) < 4.78 is 34.2. The van der Waals surface area contributed by atoms with Crippen molar-refractivity contribution < 1.29 is 17.9 Å². The largest absolute Gasteiger partial charge is 0.496 e. The van der Waals surface area contributed by atoms with Gasteiger partial charge in [0.05, 0.1) is 28.2 Å². The Morgan fingerprint density at radius 2 is 1.64 bits per heavy atom. The number of hydrogen-bond acceptors (Lipinski definition) is 4. The summed E-state index contributed by atoms with van der Waals surface area (Å²) in [5.41, 5.74) is 3.57. The van der Waals surface area contributed by atoms with Crippen molar-refractivity contribution >= 4 is 37.5 Å². The standard InChI is InChI=1S/C28H33BrN2O4S/c1-19-7-13-23(14-8-19)31(36(33,34)24-15-16-26(35-6)25(29)17-24)18-27(32)30-20(2)21-9-11-22(12-10-21)28(3,4)5/h7-17,20H,18H2,1-6H3,(H,30,32)/t20-/m1/s1. The Bertz CT molecular complexity index is 1320. The van der Waals surface area contributed by atoms with Crippen LogP contribution in [0.25, 0.3) is 0 Å². The topological polar surface area (TPSA) is 75.7 Å². The normalized spacial score (nSPS) is 12.6. The highest BCUT2D eigenvalue weighted by molar-refractivity contribution is 9.10. The molecule has 0 saturated heterocycles. The molecule has 192 valence electrons. The fraction of sp³-hybridized carbons (Fsp3) is 0.321. The van der Waals surface area contributed by atoms with E-state index in [4.69, 9.17) is 4.74 Å². The number of rotatable bonds is 8. The Morgan fingerprint density at radius 3 is 2.17 bits per heavy atom. The lowest BCUT2D eigenvalue weighted by Crippen LogP contribution is -2.41. The van der Waals surface area contributed by atoms with Gasteiger partial charge in [0, 0.05) is 0 Å². The van der Waals surface area contributed by atoms with E-state index in [9.17, 15) is 13.2 Å². The van der Waals surface area contributed by atoms with Crippen molar-refractivity contribution in [1.82, 2.24) is 5.32 Å². The number of ether oxygens (including phenoxy) is 1. The molecule has 0 heterocycles. The molecule has 1 N–H and O–H groups in total. The average molecular weight is 574 g/mol. The number of nitrogens with one attached hydrogen (secondary N) is 1. The molecule has 0 spiro atoms. The molecule has 1 atom stereocenters. The maximum atomic E-state index is 13.7. The molecule has 1 amide bonds. The average Bonchev–Trinajstić information content (AvgIpc) is 2.82. The van der Waals surface area contributed by atoms with Gasteiger partial charge in [-0.05, 0) is 76.7 Å². The smallest absolute Gasteiger partial charge is 0.264 e. The van der Waals surface area contributed by atoms with Gasteiger partial charge in [-0.3, -0.25) is 9.10 Å². The minimum absolute atomic E-state index is 0.0321. The van der Waals surface area contributed by atoms with Gasteiger partial charge in [-0.1, -0.05) is 62.7 Å². The van der Waals surface area contributed by atoms with E-state index in [0.717, 1.165) is 15.4 Å². The molecule has 0 aliphatic carbocycles. The van der Waals surface area contributed by atoms with Gasteiger partial charge in [0.25, 0.3) is 10.0 Å². The van der Waals surface area contributed by atoms with Gasteiger partial charge in [0.15, 0.2) is 0 Å². The first-order valence-electron chi connectivity index (χ1n) is 11.7. The van der Waals surface area contributed by atoms with Crippen LogP contribution in [0.4, 0.5) is 5.69 Å². The number of amides is 1. The predicted molar refractivity (Wildman–Crippen MR) is 148 cm³/mol. The number of carbonyl (C=O) groups is 1. The summed E-state index contributed by atoms with van der Waals surface area (Å²) in [6.07, 6.45) is 0. The summed E-state index contributed by atoms with van der Waals surface area (Å²) in [6, 6.07) is 19.4. The van der Waals surface area contributed by atoms with E-state index in [-0.39, 0.29) is 22.9 Å². The lowest BCUT2D eigenvalue weighted by molar-refractivity contribution is -0.120. The van der Waals surface area contributed by atoms with Gasteiger partial charge < -0.3 is 10.1 Å². The Hall–Kier alpha value is -2.84. The molecule has 0 bridgehead atoms. The molecule has 3 aromatic rings. The summed E-state index contributed by atoms with van der Waals surface area (Å²) in [5, 5.41) is 2.94. The first kappa shape index (κ1) is 27.7. The quantitative estimate of drug-likeness (QED) is 0.352. The zero-order chi connectivity index (χ0) is 26.7. The minimum Gasteiger partial charge on any atom is -0.496 e. The zero-order valence-electron chi connectivity index (χ0n) is 21.5. The van der Waals surface area contributed by atoms with Crippen molar-refractivity contribution in [2.45, 2.75) is 51.0 Å². The summed E-state index contributed by atoms with van der Waals surface area (Å²) in [4.78, 5) is 13.2. The van der Waals surface area contributed by atoms with E-state index in [2.05, 4.69) is 54.2 Å². The van der Waals surface area contributed by atoms with Gasteiger partial charge in [-0.25, -0.2) is 8.42 Å². The lowest BCUT2D eigenvalue weighted by atomic mass is 9.86. The number of methoxy groups -OCH3 is 1. The Morgan fingerprint density at radius 1 is 1.03 bits per heavy atom. The molecule has 0 radical (unpaired) electrons. The SMILES string of the molecule is COc1ccc(S(=O)(=O)N(CC(=O)N[C@H](C)c2ccc(C(C)(C)C)cc2)c2ccc(C)cc2)cc1Br. The van der Waals surface area contributed by atoms with E-state index >= 15 is 0 Å². The third kappa shape index (κ3) is 6.48. The summed E-state index contributed by atoms with van der Waals surface area (Å²) in [5.74, 6) is 0.110. The number of carbonyl (C=O) groups excluding carboxylic acids is 1. The third-order valence-electron chi connectivity index (χ3n) is 5.97. The highest BCUT2D eigenvalue weighted by atomic mass is 79.9. The summed E-state index contributed by atoms with van der Waals surface area (Å²) in [7, 11) is -2.54. The minimum atomic E-state index is -4.04. The van der Waals surface area contributed by atoms with Crippen LogP contribution in [0, 0.1) is 6.92 Å². The maximum absolute atomic E-state index is 13.7. The van der Waals surface area contributed by atoms with Crippen LogP contribution in [0.3, 0.4) is 0 Å². The molecule has 36 heavy (non-hydrogen) atoms. The molecule has 0 unspecified atom stereocenters. The van der Waals surface area contributed by atoms with Crippen LogP contribution < -0.4 is 14.4 Å². The fourth-order valence-electron chi connectivity index (χ4n) is 3.73. The fourth-order valence-corrected chi connectivity index (χ4v) is 5.87. The number of hydrogen-bond donors (Lipinski definition) is 1. The molecular formula is C28H33BrN2O4S. The van der Waals surface area contributed by atoms with E-state index in [0.29, 0.717) is 15.9 Å². The van der Waals surface area contributed by atoms with Crippen LogP contribution in [0.1, 0.15) is 50.4 Å². The van der Waals surface area contributed by atoms with Crippen LogP contribution in [-0.2, 0) is 20.2 Å². The van der Waals surface area contributed by atoms with Crippen molar-refractivity contribution in [1.29, 1.82) is 0 Å². The zero-order valence-corrected chi connectivity index (χ0v) is 23.9. The second kappa shape index (κ2) is 11.0. The van der Waals surface area contributed by atoms with Crippen LogP contribution in [0.5, 0.6) is 5.75 Å². The number of anilines is 1. The number of halogens is 1. The summed E-state index contributed by atoms with van der Waals surface area (Å²) in [6.45, 7) is 9.88. The molecule has 3 rings (SSSR count). The predicted octanol–water partition coefficient (Wildman–Crippen LogP) is 6.14. The van der Waals surface area contributed by atoms with Gasteiger partial charge in [-0.2, -0.15) is 0 Å². The van der Waals surface area contributed by atoms with Gasteiger partial charge >= 0.3 is 0 Å². The van der Waals surface area contributed by atoms with Crippen molar-refractivity contribution in [2.24, 2.45) is 0 Å². The maximum Gasteiger partial charge on any atom is 0.264 e. The third-order valence-corrected chi connectivity index (χ3v) is 8.36. The van der Waals surface area contributed by atoms with E-state index in [1.54, 1.807) is 18.2 Å². The monoisotopic (exact) mass is 572 g/mol. The molecule has 0 aliphatic heterocycles. The number of sulfonamides is 1. The molecule has 6 nitrogen and oxygen atoms in total. The van der Waals surface area contributed by atoms with Crippen molar-refractivity contribution in [2.75, 3.05) is 18.0 Å². The van der Waals surface area contributed by atoms with Crippen molar-refractivity contribution in [3.05, 3.63) is 87.9 Å². The van der Waals surface area contributed by atoms with Crippen LogP contribution in [0.15, 0.2) is 76.1 Å². The first-order chi connectivity index (χ1) is 16.8. The Labute approximate surface area is 222 Å². The van der Waals surface area contributed by atoms with Gasteiger partial charge in [0.2, 0.25) is 5.91 Å². The number of benzene rings is 3. The molecule has 0 aliphatic rings. The van der Waals surface area contributed by atoms with E-state index < -0.39 is 15.9 Å². The summed E-state index contributed by atoms with van der Waals surface area (Å²) >= 11 is 3.35. The molecule has 0 saturated carbocycles. The van der Waals surface area contributed by atoms with Crippen LogP contribution >= 0.6 is 15.9 Å². The van der Waals surface area contributed by atoms with Gasteiger partial charge in [0.1, 0.15) is 12.3 Å². The van der Waals surface area contributed by atoms with E-state index in [1.165, 1.54) is 24.8 Å². The van der Waals surface area contributed by atoms with Crippen molar-refractivity contribution in [3.63, 3.8) is 0 Å². The van der Waals surface area contributed by atoms with E-state index in [1.807, 2.05) is 38.1 Å². The highest BCUT2D eigenvalue weighted by Crippen LogP contribution is 2.31. The second-order valence-electron chi connectivity index (χ2n) is 9.80. The molecule has 0 aromatic heterocycles. The Kier molecular flexibility index (Phi) is 8.52. The molecule has 3 aromatic carbocycles. The second-order valence-corrected chi connectivity index (χ2v) is 12.5.